The SMILES string of the molecule is CC(C)(C)OC(=O)NC(CC(P(=O)(O)O)P(=O)(O)O)C(=O)c1ccccc1. The number of amides is 1. The van der Waals surface area contributed by atoms with Gasteiger partial charge in [0.1, 0.15) is 5.60 Å². The molecule has 27 heavy (non-hydrogen) atoms. The molecule has 1 aromatic rings. The topological polar surface area (TPSA) is 170 Å². The molecule has 0 heterocycles. The van der Waals surface area contributed by atoms with E-state index in [0.717, 1.165) is 0 Å². The molecule has 1 unspecified atom stereocenters. The van der Waals surface area contributed by atoms with E-state index in [2.05, 4.69) is 5.32 Å². The lowest BCUT2D eigenvalue weighted by molar-refractivity contribution is 0.0488. The minimum Gasteiger partial charge on any atom is -0.444 e. The molecule has 0 radical (unpaired) electrons. The van der Waals surface area contributed by atoms with Gasteiger partial charge in [-0.1, -0.05) is 30.3 Å². The molecule has 152 valence electrons. The van der Waals surface area contributed by atoms with Gasteiger partial charge in [-0.2, -0.15) is 0 Å². The van der Waals surface area contributed by atoms with Crippen LogP contribution in [-0.4, -0.2) is 48.5 Å². The summed E-state index contributed by atoms with van der Waals surface area (Å²) in [5.74, 6) is -0.770. The molecule has 1 aromatic carbocycles. The van der Waals surface area contributed by atoms with Crippen LogP contribution in [0.4, 0.5) is 4.79 Å². The zero-order chi connectivity index (χ0) is 21.0. The molecule has 10 nitrogen and oxygen atoms in total. The second kappa shape index (κ2) is 8.65. The lowest BCUT2D eigenvalue weighted by Crippen LogP contribution is -2.45. The van der Waals surface area contributed by atoms with Gasteiger partial charge in [0.25, 0.3) is 0 Å². The van der Waals surface area contributed by atoms with Crippen molar-refractivity contribution < 1.29 is 43.0 Å². The Morgan fingerprint density at radius 3 is 1.93 bits per heavy atom. The predicted octanol–water partition coefficient (Wildman–Crippen LogP) is 1.83. The van der Waals surface area contributed by atoms with Gasteiger partial charge in [0, 0.05) is 12.0 Å². The summed E-state index contributed by atoms with van der Waals surface area (Å²) in [6, 6.07) is 5.86. The largest absolute Gasteiger partial charge is 0.444 e. The Morgan fingerprint density at radius 1 is 1.04 bits per heavy atom. The second-order valence-corrected chi connectivity index (χ2v) is 10.8. The van der Waals surface area contributed by atoms with Crippen LogP contribution in [0.15, 0.2) is 30.3 Å². The first-order valence-electron chi connectivity index (χ1n) is 7.80. The summed E-state index contributed by atoms with van der Waals surface area (Å²) >= 11 is 0. The maximum atomic E-state index is 12.7. The number of benzene rings is 1. The molecule has 0 bridgehead atoms. The Balaban J connectivity index is 3.20. The van der Waals surface area contributed by atoms with Gasteiger partial charge in [0.15, 0.2) is 11.2 Å². The van der Waals surface area contributed by atoms with Crippen LogP contribution >= 0.6 is 15.2 Å². The first-order valence-corrected chi connectivity index (χ1v) is 11.2. The fourth-order valence-electron chi connectivity index (χ4n) is 2.17. The van der Waals surface area contributed by atoms with Gasteiger partial charge in [0.05, 0.1) is 6.04 Å². The Bertz CT molecular complexity index is 741. The number of hydrogen-bond donors (Lipinski definition) is 5. The lowest BCUT2D eigenvalue weighted by atomic mass is 10.0. The van der Waals surface area contributed by atoms with E-state index >= 15 is 0 Å². The fraction of sp³-hybridized carbons (Fsp3) is 0.467. The molecule has 12 heteroatoms. The Kier molecular flexibility index (Phi) is 7.52. The van der Waals surface area contributed by atoms with Crippen molar-refractivity contribution in [3.8, 4) is 0 Å². The summed E-state index contributed by atoms with van der Waals surface area (Å²) in [5, 5.41) is -0.298. The van der Waals surface area contributed by atoms with Crippen LogP contribution in [0.2, 0.25) is 0 Å². The third-order valence-electron chi connectivity index (χ3n) is 3.29. The van der Waals surface area contributed by atoms with Crippen molar-refractivity contribution in [2.75, 3.05) is 0 Å². The summed E-state index contributed by atoms with van der Waals surface area (Å²) in [6.45, 7) is 4.69. The van der Waals surface area contributed by atoms with Crippen molar-refractivity contribution in [3.63, 3.8) is 0 Å². The van der Waals surface area contributed by atoms with Crippen molar-refractivity contribution in [1.29, 1.82) is 0 Å². The van der Waals surface area contributed by atoms with E-state index in [1.54, 1.807) is 26.8 Å². The molecule has 1 atom stereocenters. The third kappa shape index (κ3) is 7.92. The summed E-state index contributed by atoms with van der Waals surface area (Å²) in [7, 11) is -10.5. The van der Waals surface area contributed by atoms with Crippen molar-refractivity contribution in [2.24, 2.45) is 0 Å². The van der Waals surface area contributed by atoms with Crippen LogP contribution in [0.3, 0.4) is 0 Å². The molecular weight excluding hydrogens is 400 g/mol. The zero-order valence-electron chi connectivity index (χ0n) is 15.0. The lowest BCUT2D eigenvalue weighted by Gasteiger charge is -2.26. The molecule has 0 aliphatic rings. The maximum absolute atomic E-state index is 12.7. The number of ketones is 1. The van der Waals surface area contributed by atoms with E-state index in [-0.39, 0.29) is 5.56 Å². The average Bonchev–Trinajstić information content (AvgIpc) is 2.47. The van der Waals surface area contributed by atoms with Crippen LogP contribution in [0.25, 0.3) is 0 Å². The number of ether oxygens (including phenoxy) is 1. The van der Waals surface area contributed by atoms with Gasteiger partial charge in [0.2, 0.25) is 0 Å². The number of carbonyl (C=O) groups is 2. The van der Waals surface area contributed by atoms with E-state index in [1.807, 2.05) is 0 Å². The second-order valence-electron chi connectivity index (χ2n) is 6.82. The average molecular weight is 423 g/mol. The summed E-state index contributed by atoms with van der Waals surface area (Å²) < 4.78 is 28.1. The molecule has 0 aliphatic heterocycles. The molecule has 1 rings (SSSR count). The number of rotatable bonds is 7. The van der Waals surface area contributed by atoms with Crippen LogP contribution < -0.4 is 5.32 Å². The highest BCUT2D eigenvalue weighted by molar-refractivity contribution is 7.70. The third-order valence-corrected chi connectivity index (χ3v) is 7.07. The number of carbonyl (C=O) groups excluding carboxylic acids is 2. The van der Waals surface area contributed by atoms with Crippen molar-refractivity contribution in [3.05, 3.63) is 35.9 Å². The summed E-state index contributed by atoms with van der Waals surface area (Å²) in [6.07, 6.45) is -2.03. The molecule has 0 spiro atoms. The highest BCUT2D eigenvalue weighted by Gasteiger charge is 2.46. The normalized spacial score (nSPS) is 13.9. The molecule has 1 amide bonds. The Hall–Kier alpha value is -1.54. The number of hydrogen-bond acceptors (Lipinski definition) is 5. The minimum absolute atomic E-state index is 0.0914. The molecular formula is C15H23NO9P2. The Morgan fingerprint density at radius 2 is 1.52 bits per heavy atom. The molecule has 0 saturated carbocycles. The number of Topliss-reactive ketones (excluding diaryl/α,β-unsaturated/α-hetero) is 1. The van der Waals surface area contributed by atoms with E-state index in [9.17, 15) is 38.3 Å². The zero-order valence-corrected chi connectivity index (χ0v) is 16.8. The van der Waals surface area contributed by atoms with E-state index in [1.165, 1.54) is 24.3 Å². The molecule has 5 N–H and O–H groups in total. The number of alkyl carbamates (subject to hydrolysis) is 1. The smallest absolute Gasteiger partial charge is 0.408 e. The quantitative estimate of drug-likeness (QED) is 0.324. The number of nitrogens with one attached hydrogen (secondary N) is 1. The Labute approximate surface area is 156 Å². The standard InChI is InChI=1S/C15H23NO9P2/c1-15(2,3)25-14(18)16-11(13(17)10-7-5-4-6-8-10)9-12(26(19,20)21)27(22,23)24/h4-8,11-12H,9H2,1-3H3,(H,16,18)(H2,19,20,21)(H2,22,23,24). The molecule has 0 fully saturated rings. The molecule has 0 aliphatic carbocycles. The first-order chi connectivity index (χ1) is 12.1. The van der Waals surface area contributed by atoms with Gasteiger partial charge in [-0.3, -0.25) is 13.9 Å². The highest BCUT2D eigenvalue weighted by atomic mass is 31.2. The van der Waals surface area contributed by atoms with Crippen LogP contribution in [0.1, 0.15) is 37.6 Å². The minimum atomic E-state index is -5.27. The van der Waals surface area contributed by atoms with Crippen LogP contribution in [0, 0.1) is 0 Å². The monoisotopic (exact) mass is 423 g/mol. The van der Waals surface area contributed by atoms with Gasteiger partial charge < -0.3 is 29.6 Å². The van der Waals surface area contributed by atoms with E-state index < -0.39 is 50.5 Å². The predicted molar refractivity (Wildman–Crippen MR) is 96.4 cm³/mol. The van der Waals surface area contributed by atoms with Gasteiger partial charge in [-0.05, 0) is 20.8 Å². The highest BCUT2D eigenvalue weighted by Crippen LogP contribution is 2.61. The molecule has 0 saturated heterocycles. The maximum Gasteiger partial charge on any atom is 0.408 e. The van der Waals surface area contributed by atoms with E-state index in [0.29, 0.717) is 0 Å². The van der Waals surface area contributed by atoms with Gasteiger partial charge in [-0.25, -0.2) is 4.79 Å². The van der Waals surface area contributed by atoms with Crippen LogP contribution in [-0.2, 0) is 13.9 Å². The van der Waals surface area contributed by atoms with Crippen molar-refractivity contribution in [2.45, 2.75) is 44.2 Å². The van der Waals surface area contributed by atoms with Crippen LogP contribution in [0.5, 0.6) is 0 Å². The fourth-order valence-corrected chi connectivity index (χ4v) is 4.70. The summed E-state index contributed by atoms with van der Waals surface area (Å²) in [4.78, 5) is 61.9. The molecule has 0 aromatic heterocycles. The van der Waals surface area contributed by atoms with E-state index in [4.69, 9.17) is 4.74 Å². The first kappa shape index (κ1) is 23.5. The van der Waals surface area contributed by atoms with Gasteiger partial charge in [-0.15, -0.1) is 0 Å². The summed E-state index contributed by atoms with van der Waals surface area (Å²) in [5.41, 5.74) is -0.829. The van der Waals surface area contributed by atoms with Crippen molar-refractivity contribution >= 4 is 27.1 Å². The van der Waals surface area contributed by atoms with Crippen molar-refractivity contribution in [1.82, 2.24) is 5.32 Å². The van der Waals surface area contributed by atoms with Gasteiger partial charge >= 0.3 is 21.3 Å².